The fraction of sp³-hybridized carbons (Fsp3) is 0.182. The van der Waals surface area contributed by atoms with Crippen LogP contribution in [0.25, 0.3) is 10.1 Å². The lowest BCUT2D eigenvalue weighted by atomic mass is 10.0. The zero-order valence-corrected chi connectivity index (χ0v) is 10.1. The van der Waals surface area contributed by atoms with Gasteiger partial charge in [0.25, 0.3) is 0 Å². The summed E-state index contributed by atoms with van der Waals surface area (Å²) in [4.78, 5) is 0. The van der Waals surface area contributed by atoms with Crippen LogP contribution in [0.1, 0.15) is 18.1 Å². The first-order valence-corrected chi connectivity index (χ1v) is 6.04. The number of nitrogens with zero attached hydrogens (tertiary/aromatic N) is 1. The van der Waals surface area contributed by atoms with Crippen LogP contribution in [-0.4, -0.2) is 0 Å². The largest absolute Gasteiger partial charge is 0.192 e. The van der Waals surface area contributed by atoms with Crippen LogP contribution in [0.4, 0.5) is 0 Å². The maximum atomic E-state index is 9.00. The predicted octanol–water partition coefficient (Wildman–Crippen LogP) is 4.10. The van der Waals surface area contributed by atoms with Crippen LogP contribution in [0.2, 0.25) is 0 Å². The Labute approximate surface area is 95.1 Å². The van der Waals surface area contributed by atoms with Crippen molar-refractivity contribution in [3.8, 4) is 6.07 Å². The number of halogens is 1. The van der Waals surface area contributed by atoms with Crippen LogP contribution in [0.3, 0.4) is 0 Å². The van der Waals surface area contributed by atoms with Crippen LogP contribution in [0.5, 0.6) is 0 Å². The monoisotopic (exact) mass is 265 g/mol. The lowest BCUT2D eigenvalue weighted by molar-refractivity contribution is 1.12. The first-order chi connectivity index (χ1) is 6.77. The fourth-order valence-electron chi connectivity index (χ4n) is 1.56. The molecule has 14 heavy (non-hydrogen) atoms. The Kier molecular flexibility index (Phi) is 2.58. The highest BCUT2D eigenvalue weighted by atomic mass is 79.9. The Morgan fingerprint density at radius 3 is 3.00 bits per heavy atom. The van der Waals surface area contributed by atoms with Crippen molar-refractivity contribution >= 4 is 37.4 Å². The number of hydrogen-bond acceptors (Lipinski definition) is 2. The lowest BCUT2D eigenvalue weighted by Gasteiger charge is -2.05. The van der Waals surface area contributed by atoms with Gasteiger partial charge in [-0.3, -0.25) is 0 Å². The van der Waals surface area contributed by atoms with Crippen LogP contribution in [-0.2, 0) is 6.42 Å². The van der Waals surface area contributed by atoms with E-state index in [4.69, 9.17) is 5.26 Å². The number of nitriles is 1. The first kappa shape index (κ1) is 9.70. The molecule has 0 unspecified atom stereocenters. The average molecular weight is 266 g/mol. The Morgan fingerprint density at radius 2 is 2.36 bits per heavy atom. The van der Waals surface area contributed by atoms with E-state index in [1.54, 1.807) is 11.3 Å². The molecule has 2 aromatic rings. The molecule has 0 atom stereocenters. The lowest BCUT2D eigenvalue weighted by Crippen LogP contribution is -1.89. The molecule has 0 saturated carbocycles. The van der Waals surface area contributed by atoms with Gasteiger partial charge in [0.1, 0.15) is 0 Å². The number of fused-ring (bicyclic) bond motifs is 1. The first-order valence-electron chi connectivity index (χ1n) is 4.36. The Balaban J connectivity index is 2.87. The minimum absolute atomic E-state index is 0.786. The number of benzene rings is 1. The Morgan fingerprint density at radius 1 is 1.57 bits per heavy atom. The summed E-state index contributed by atoms with van der Waals surface area (Å²) < 4.78 is 2.25. The summed E-state index contributed by atoms with van der Waals surface area (Å²) in [6.45, 7) is 2.07. The number of thiophene rings is 1. The summed E-state index contributed by atoms with van der Waals surface area (Å²) in [6.07, 6.45) is 0.884. The van der Waals surface area contributed by atoms with Crippen LogP contribution in [0.15, 0.2) is 22.0 Å². The van der Waals surface area contributed by atoms with Gasteiger partial charge in [0, 0.05) is 14.6 Å². The molecule has 0 aliphatic rings. The smallest absolute Gasteiger partial charge is 0.0995 e. The average Bonchev–Trinajstić information content (AvgIpc) is 2.65. The molecule has 0 fully saturated rings. The van der Waals surface area contributed by atoms with Gasteiger partial charge in [0.2, 0.25) is 0 Å². The third-order valence-electron chi connectivity index (χ3n) is 2.27. The molecule has 0 N–H and O–H groups in total. The van der Waals surface area contributed by atoms with Crippen molar-refractivity contribution < 1.29 is 0 Å². The van der Waals surface area contributed by atoms with Crippen molar-refractivity contribution in [2.45, 2.75) is 13.3 Å². The van der Waals surface area contributed by atoms with E-state index in [1.807, 2.05) is 6.07 Å². The molecule has 0 aliphatic carbocycles. The van der Waals surface area contributed by atoms with Crippen molar-refractivity contribution in [1.29, 1.82) is 5.26 Å². The molecular formula is C11H8BrNS. The van der Waals surface area contributed by atoms with Gasteiger partial charge in [0.15, 0.2) is 0 Å². The second-order valence-corrected chi connectivity index (χ2v) is 4.76. The van der Waals surface area contributed by atoms with E-state index < -0.39 is 0 Å². The third-order valence-corrected chi connectivity index (χ3v) is 4.04. The topological polar surface area (TPSA) is 23.8 Å². The van der Waals surface area contributed by atoms with Gasteiger partial charge in [-0.05, 0) is 45.4 Å². The molecule has 1 nitrogen and oxygen atoms in total. The van der Waals surface area contributed by atoms with Gasteiger partial charge in [-0.15, -0.1) is 11.3 Å². The fourth-order valence-corrected chi connectivity index (χ4v) is 3.36. The normalized spacial score (nSPS) is 10.4. The van der Waals surface area contributed by atoms with Crippen molar-refractivity contribution in [3.63, 3.8) is 0 Å². The van der Waals surface area contributed by atoms with Gasteiger partial charge >= 0.3 is 0 Å². The van der Waals surface area contributed by atoms with Gasteiger partial charge < -0.3 is 0 Å². The van der Waals surface area contributed by atoms with E-state index >= 15 is 0 Å². The third kappa shape index (κ3) is 1.35. The molecule has 0 radical (unpaired) electrons. The van der Waals surface area contributed by atoms with Gasteiger partial charge in [-0.1, -0.05) is 6.92 Å². The van der Waals surface area contributed by atoms with E-state index in [0.29, 0.717) is 0 Å². The summed E-state index contributed by atoms with van der Waals surface area (Å²) in [6, 6.07) is 6.31. The van der Waals surface area contributed by atoms with E-state index in [1.165, 1.54) is 10.1 Å². The molecule has 1 aromatic heterocycles. The standard InChI is InChI=1S/C11H8BrNS/c1-2-8-7(6-13)5-10-9(11(8)12)3-4-14-10/h3-5H,2H2,1H3. The van der Waals surface area contributed by atoms with E-state index in [9.17, 15) is 0 Å². The molecule has 70 valence electrons. The highest BCUT2D eigenvalue weighted by molar-refractivity contribution is 9.10. The molecule has 1 aromatic carbocycles. The summed E-state index contributed by atoms with van der Waals surface area (Å²) in [5.74, 6) is 0. The van der Waals surface area contributed by atoms with E-state index in [2.05, 4.69) is 40.4 Å². The van der Waals surface area contributed by atoms with E-state index in [-0.39, 0.29) is 0 Å². The summed E-state index contributed by atoms with van der Waals surface area (Å²) in [5, 5.41) is 12.3. The molecule has 2 rings (SSSR count). The second kappa shape index (κ2) is 3.72. The maximum absolute atomic E-state index is 9.00. The number of hydrogen-bond donors (Lipinski definition) is 0. The van der Waals surface area contributed by atoms with Gasteiger partial charge in [-0.2, -0.15) is 5.26 Å². The zero-order chi connectivity index (χ0) is 10.1. The molecule has 0 aliphatic heterocycles. The van der Waals surface area contributed by atoms with Crippen molar-refractivity contribution in [1.82, 2.24) is 0 Å². The van der Waals surface area contributed by atoms with Crippen LogP contribution in [0, 0.1) is 11.3 Å². The molecule has 0 amide bonds. The van der Waals surface area contributed by atoms with Crippen LogP contribution >= 0.6 is 27.3 Å². The van der Waals surface area contributed by atoms with Crippen molar-refractivity contribution in [2.75, 3.05) is 0 Å². The quantitative estimate of drug-likeness (QED) is 0.762. The molecule has 3 heteroatoms. The molecule has 0 saturated heterocycles. The minimum Gasteiger partial charge on any atom is -0.192 e. The Bertz CT molecular complexity index is 522. The highest BCUT2D eigenvalue weighted by Crippen LogP contribution is 2.33. The molecule has 0 bridgehead atoms. The Hall–Kier alpha value is -0.850. The van der Waals surface area contributed by atoms with E-state index in [0.717, 1.165) is 22.0 Å². The zero-order valence-electron chi connectivity index (χ0n) is 7.67. The predicted molar refractivity (Wildman–Crippen MR) is 63.6 cm³/mol. The maximum Gasteiger partial charge on any atom is 0.0995 e. The molecule has 1 heterocycles. The van der Waals surface area contributed by atoms with Crippen molar-refractivity contribution in [3.05, 3.63) is 33.1 Å². The van der Waals surface area contributed by atoms with Crippen LogP contribution < -0.4 is 0 Å². The molecule has 0 spiro atoms. The summed E-state index contributed by atoms with van der Waals surface area (Å²) >= 11 is 5.24. The highest BCUT2D eigenvalue weighted by Gasteiger charge is 2.10. The summed E-state index contributed by atoms with van der Waals surface area (Å²) in [7, 11) is 0. The number of rotatable bonds is 1. The second-order valence-electron chi connectivity index (χ2n) is 3.01. The molecular weight excluding hydrogens is 258 g/mol. The SMILES string of the molecule is CCc1c(C#N)cc2sccc2c1Br. The van der Waals surface area contributed by atoms with Gasteiger partial charge in [-0.25, -0.2) is 0 Å². The van der Waals surface area contributed by atoms with Crippen molar-refractivity contribution in [2.24, 2.45) is 0 Å². The minimum atomic E-state index is 0.786. The summed E-state index contributed by atoms with van der Waals surface area (Å²) in [5.41, 5.74) is 1.90. The van der Waals surface area contributed by atoms with Gasteiger partial charge in [0.05, 0.1) is 11.6 Å².